The van der Waals surface area contributed by atoms with Crippen molar-refractivity contribution in [3.05, 3.63) is 57.5 Å². The molecule has 0 saturated carbocycles. The van der Waals surface area contributed by atoms with E-state index in [9.17, 15) is 27.6 Å². The molecule has 1 aromatic carbocycles. The minimum absolute atomic E-state index is 0.000297. The Morgan fingerprint density at radius 3 is 2.46 bits per heavy atom. The lowest BCUT2D eigenvalue weighted by Gasteiger charge is -2.26. The molecule has 148 valence electrons. The van der Waals surface area contributed by atoms with Gasteiger partial charge < -0.3 is 20.4 Å². The lowest BCUT2D eigenvalue weighted by Crippen LogP contribution is -2.40. The van der Waals surface area contributed by atoms with Crippen molar-refractivity contribution in [3.8, 4) is 11.1 Å². The summed E-state index contributed by atoms with van der Waals surface area (Å²) < 4.78 is 45.1. The number of H-pyrrole nitrogens is 1. The fraction of sp³-hybridized carbons (Fsp3) is 0.278. The number of nitrogens with two attached hydrogens (primary N) is 1. The number of carbonyl (C=O) groups excluding carboxylic acids is 2. The first-order valence-corrected chi connectivity index (χ1v) is 8.26. The summed E-state index contributed by atoms with van der Waals surface area (Å²) in [4.78, 5) is 38.1. The van der Waals surface area contributed by atoms with Crippen LogP contribution in [0.25, 0.3) is 11.1 Å². The first-order valence-electron chi connectivity index (χ1n) is 8.26. The van der Waals surface area contributed by atoms with Crippen LogP contribution >= 0.6 is 0 Å². The van der Waals surface area contributed by atoms with Crippen LogP contribution in [0.4, 0.5) is 13.2 Å². The Labute approximate surface area is 156 Å². The molecule has 7 nitrogen and oxygen atoms in total. The molecule has 1 saturated heterocycles. The third-order valence-electron chi connectivity index (χ3n) is 4.31. The van der Waals surface area contributed by atoms with Crippen LogP contribution in [0.15, 0.2) is 35.1 Å². The topological polar surface area (TPSA) is 105 Å². The number of pyridine rings is 1. The SMILES string of the molecule is NC(=O)c1cc(-c2ccc(CN3CCOCC3=O)cc2)c(C(F)(F)F)[nH]c1=O. The van der Waals surface area contributed by atoms with Crippen molar-refractivity contribution < 1.29 is 27.5 Å². The van der Waals surface area contributed by atoms with E-state index in [0.717, 1.165) is 6.07 Å². The van der Waals surface area contributed by atoms with E-state index in [1.165, 1.54) is 12.1 Å². The average molecular weight is 395 g/mol. The van der Waals surface area contributed by atoms with E-state index in [1.54, 1.807) is 22.0 Å². The van der Waals surface area contributed by atoms with Crippen molar-refractivity contribution in [2.45, 2.75) is 12.7 Å². The Morgan fingerprint density at radius 1 is 1.21 bits per heavy atom. The lowest BCUT2D eigenvalue weighted by atomic mass is 10.00. The Kier molecular flexibility index (Phi) is 5.23. The first kappa shape index (κ1) is 19.6. The third-order valence-corrected chi connectivity index (χ3v) is 4.31. The molecule has 0 atom stereocenters. The van der Waals surface area contributed by atoms with Crippen molar-refractivity contribution in [3.63, 3.8) is 0 Å². The number of ether oxygens (including phenoxy) is 1. The summed E-state index contributed by atoms with van der Waals surface area (Å²) in [6.07, 6.45) is -4.83. The maximum absolute atomic E-state index is 13.3. The molecule has 2 amide bonds. The summed E-state index contributed by atoms with van der Waals surface area (Å²) in [5.74, 6) is -1.29. The number of carbonyl (C=O) groups is 2. The number of hydrogen-bond acceptors (Lipinski definition) is 4. The highest BCUT2D eigenvalue weighted by atomic mass is 19.4. The second-order valence-electron chi connectivity index (χ2n) is 6.23. The molecule has 0 radical (unpaired) electrons. The smallest absolute Gasteiger partial charge is 0.370 e. The van der Waals surface area contributed by atoms with E-state index in [2.05, 4.69) is 0 Å². The lowest BCUT2D eigenvalue weighted by molar-refractivity contribution is -0.143. The summed E-state index contributed by atoms with van der Waals surface area (Å²) in [6.45, 7) is 1.15. The molecule has 2 aromatic rings. The molecule has 3 rings (SSSR count). The van der Waals surface area contributed by atoms with Crippen LogP contribution in [0.2, 0.25) is 0 Å². The monoisotopic (exact) mass is 395 g/mol. The fourth-order valence-corrected chi connectivity index (χ4v) is 2.89. The van der Waals surface area contributed by atoms with Crippen LogP contribution < -0.4 is 11.3 Å². The van der Waals surface area contributed by atoms with Crippen LogP contribution in [0.5, 0.6) is 0 Å². The number of amides is 2. The minimum Gasteiger partial charge on any atom is -0.370 e. The summed E-state index contributed by atoms with van der Waals surface area (Å²) in [5, 5.41) is 0. The number of aromatic amines is 1. The molecule has 2 heterocycles. The van der Waals surface area contributed by atoms with Crippen molar-refractivity contribution in [1.82, 2.24) is 9.88 Å². The number of hydrogen-bond donors (Lipinski definition) is 2. The molecule has 28 heavy (non-hydrogen) atoms. The molecular weight excluding hydrogens is 379 g/mol. The molecule has 0 unspecified atom stereocenters. The Morgan fingerprint density at radius 2 is 1.89 bits per heavy atom. The van der Waals surface area contributed by atoms with Crippen molar-refractivity contribution in [2.24, 2.45) is 5.73 Å². The van der Waals surface area contributed by atoms with Gasteiger partial charge in [0.1, 0.15) is 17.9 Å². The van der Waals surface area contributed by atoms with Gasteiger partial charge >= 0.3 is 6.18 Å². The summed E-state index contributed by atoms with van der Waals surface area (Å²) in [7, 11) is 0. The van der Waals surface area contributed by atoms with Gasteiger partial charge in [-0.1, -0.05) is 24.3 Å². The number of benzene rings is 1. The summed E-state index contributed by atoms with van der Waals surface area (Å²) >= 11 is 0. The zero-order chi connectivity index (χ0) is 20.5. The van der Waals surface area contributed by atoms with Crippen molar-refractivity contribution in [1.29, 1.82) is 0 Å². The van der Waals surface area contributed by atoms with E-state index in [0.29, 0.717) is 25.3 Å². The Balaban J connectivity index is 1.96. The number of alkyl halides is 3. The number of nitrogens with one attached hydrogen (secondary N) is 1. The Hall–Kier alpha value is -3.14. The molecule has 1 aromatic heterocycles. The van der Waals surface area contributed by atoms with Gasteiger partial charge in [-0.3, -0.25) is 14.4 Å². The molecule has 1 aliphatic rings. The van der Waals surface area contributed by atoms with Gasteiger partial charge in [-0.05, 0) is 17.2 Å². The van der Waals surface area contributed by atoms with E-state index in [4.69, 9.17) is 10.5 Å². The molecule has 0 aliphatic carbocycles. The van der Waals surface area contributed by atoms with Crippen LogP contribution in [0.3, 0.4) is 0 Å². The number of nitrogens with zero attached hydrogens (tertiary/aromatic N) is 1. The highest BCUT2D eigenvalue weighted by Gasteiger charge is 2.36. The second-order valence-corrected chi connectivity index (χ2v) is 6.23. The number of morpholine rings is 1. The highest BCUT2D eigenvalue weighted by molar-refractivity contribution is 5.94. The molecule has 10 heteroatoms. The van der Waals surface area contributed by atoms with Gasteiger partial charge in [0.2, 0.25) is 5.91 Å². The maximum Gasteiger partial charge on any atom is 0.431 e. The Bertz CT molecular complexity index is 968. The van der Waals surface area contributed by atoms with Crippen molar-refractivity contribution in [2.75, 3.05) is 19.8 Å². The van der Waals surface area contributed by atoms with Gasteiger partial charge in [0.25, 0.3) is 11.5 Å². The van der Waals surface area contributed by atoms with E-state index in [1.807, 2.05) is 0 Å². The van der Waals surface area contributed by atoms with E-state index in [-0.39, 0.29) is 23.6 Å². The summed E-state index contributed by atoms with van der Waals surface area (Å²) in [6, 6.07) is 6.84. The molecular formula is C18H16F3N3O4. The molecule has 0 spiro atoms. The quantitative estimate of drug-likeness (QED) is 0.819. The number of rotatable bonds is 4. The van der Waals surface area contributed by atoms with Crippen LogP contribution in [0.1, 0.15) is 21.6 Å². The molecule has 1 aliphatic heterocycles. The normalized spacial score (nSPS) is 15.0. The number of aromatic nitrogens is 1. The van der Waals surface area contributed by atoms with E-state index >= 15 is 0 Å². The van der Waals surface area contributed by atoms with Gasteiger partial charge in [-0.2, -0.15) is 13.2 Å². The number of halogens is 3. The number of primary amides is 1. The van der Waals surface area contributed by atoms with Crippen LogP contribution in [-0.2, 0) is 22.3 Å². The minimum atomic E-state index is -4.83. The van der Waals surface area contributed by atoms with Crippen molar-refractivity contribution >= 4 is 11.8 Å². The van der Waals surface area contributed by atoms with Gasteiger partial charge in [0.05, 0.1) is 6.61 Å². The summed E-state index contributed by atoms with van der Waals surface area (Å²) in [5.41, 5.74) is 2.53. The standard InChI is InChI=1S/C18H16F3N3O4/c19-18(20,21)15-12(7-13(16(22)26)17(27)23-15)11-3-1-10(2-4-11)8-24-5-6-28-9-14(24)25/h1-4,7H,5-6,8-9H2,(H2,22,26)(H,23,27). The fourth-order valence-electron chi connectivity index (χ4n) is 2.89. The first-order chi connectivity index (χ1) is 13.2. The predicted octanol–water partition coefficient (Wildman–Crippen LogP) is 1.52. The van der Waals surface area contributed by atoms with Crippen LogP contribution in [-0.4, -0.2) is 41.5 Å². The highest BCUT2D eigenvalue weighted by Crippen LogP contribution is 2.35. The maximum atomic E-state index is 13.3. The van der Waals surface area contributed by atoms with Gasteiger partial charge in [-0.15, -0.1) is 0 Å². The zero-order valence-corrected chi connectivity index (χ0v) is 14.5. The molecule has 0 bridgehead atoms. The predicted molar refractivity (Wildman–Crippen MR) is 92.3 cm³/mol. The van der Waals surface area contributed by atoms with Crippen LogP contribution in [0, 0.1) is 0 Å². The van der Waals surface area contributed by atoms with Gasteiger partial charge in [0, 0.05) is 18.7 Å². The average Bonchev–Trinajstić information content (AvgIpc) is 2.63. The van der Waals surface area contributed by atoms with Gasteiger partial charge in [-0.25, -0.2) is 0 Å². The van der Waals surface area contributed by atoms with Gasteiger partial charge in [0.15, 0.2) is 0 Å². The van der Waals surface area contributed by atoms with E-state index < -0.39 is 28.9 Å². The second kappa shape index (κ2) is 7.47. The zero-order valence-electron chi connectivity index (χ0n) is 14.5. The third kappa shape index (κ3) is 4.06. The molecule has 1 fully saturated rings. The largest absolute Gasteiger partial charge is 0.431 e. The molecule has 3 N–H and O–H groups in total.